The van der Waals surface area contributed by atoms with Gasteiger partial charge in [0.1, 0.15) is 11.9 Å². The second-order valence-corrected chi connectivity index (χ2v) is 4.97. The molecule has 0 aliphatic rings. The number of hydrogen-bond donors (Lipinski definition) is 4. The van der Waals surface area contributed by atoms with E-state index in [9.17, 15) is 19.4 Å². The van der Waals surface area contributed by atoms with Crippen molar-refractivity contribution in [1.29, 1.82) is 0 Å². The Kier molecular flexibility index (Phi) is 5.62. The maximum Gasteiger partial charge on any atom is 0.323 e. The van der Waals surface area contributed by atoms with Crippen LogP contribution < -0.4 is 5.32 Å². The third-order valence-corrected chi connectivity index (χ3v) is 3.19. The van der Waals surface area contributed by atoms with E-state index < -0.39 is 30.3 Å². The molecule has 0 fully saturated rings. The zero-order valence-corrected chi connectivity index (χ0v) is 11.7. The molecular weight excluding hydrogens is 265 g/mol. The van der Waals surface area contributed by atoms with Crippen molar-refractivity contribution in [3.8, 4) is 0 Å². The van der Waals surface area contributed by atoms with Gasteiger partial charge >= 0.3 is 5.97 Å². The largest absolute Gasteiger partial charge is 0.480 e. The summed E-state index contributed by atoms with van der Waals surface area (Å²) < 4.78 is 13.2. The Hall–Kier alpha value is -1.50. The third kappa shape index (κ3) is 4.00. The number of hydrogen-bond acceptors (Lipinski definition) is 4. The molecule has 0 heterocycles. The molecule has 1 aromatic rings. The van der Waals surface area contributed by atoms with Gasteiger partial charge in [-0.1, -0.05) is 12.1 Å². The Morgan fingerprint density at radius 2 is 1.90 bits per heavy atom. The van der Waals surface area contributed by atoms with Crippen LogP contribution in [0.25, 0.3) is 0 Å². The van der Waals surface area contributed by atoms with Gasteiger partial charge < -0.3 is 15.3 Å². The number of rotatable bonds is 6. The first kappa shape index (κ1) is 16.6. The number of aliphatic carboxylic acids is 1. The topological polar surface area (TPSA) is 89.8 Å². The van der Waals surface area contributed by atoms with Gasteiger partial charge in [0.2, 0.25) is 0 Å². The second-order valence-electron chi connectivity index (χ2n) is 4.97. The van der Waals surface area contributed by atoms with Gasteiger partial charge in [-0.05, 0) is 38.0 Å². The number of benzene rings is 1. The van der Waals surface area contributed by atoms with Crippen LogP contribution in [0.3, 0.4) is 0 Å². The molecule has 1 aromatic carbocycles. The minimum atomic E-state index is -1.20. The van der Waals surface area contributed by atoms with Crippen molar-refractivity contribution in [2.24, 2.45) is 0 Å². The fourth-order valence-electron chi connectivity index (χ4n) is 1.93. The van der Waals surface area contributed by atoms with Crippen molar-refractivity contribution >= 4 is 5.97 Å². The van der Waals surface area contributed by atoms with Crippen molar-refractivity contribution in [3.05, 3.63) is 35.1 Å². The van der Waals surface area contributed by atoms with Crippen LogP contribution in [0, 0.1) is 12.7 Å². The molecule has 0 aliphatic heterocycles. The molecule has 0 bridgehead atoms. The highest BCUT2D eigenvalue weighted by molar-refractivity contribution is 5.74. The Balaban J connectivity index is 2.82. The lowest BCUT2D eigenvalue weighted by atomic mass is 10.00. The number of carboxylic acid groups (broad SMARTS) is 1. The van der Waals surface area contributed by atoms with Crippen LogP contribution in [0.2, 0.25) is 0 Å². The molecule has 0 saturated carbocycles. The zero-order chi connectivity index (χ0) is 15.4. The predicted octanol–water partition coefficient (Wildman–Crippen LogP) is 0.980. The minimum absolute atomic E-state index is 0.367. The Morgan fingerprint density at radius 1 is 1.30 bits per heavy atom. The van der Waals surface area contributed by atoms with E-state index in [1.54, 1.807) is 13.8 Å². The van der Waals surface area contributed by atoms with Crippen LogP contribution >= 0.6 is 0 Å². The summed E-state index contributed by atoms with van der Waals surface area (Å²) in [4.78, 5) is 11.0. The van der Waals surface area contributed by atoms with E-state index in [0.717, 1.165) is 0 Å². The fourth-order valence-corrected chi connectivity index (χ4v) is 1.93. The highest BCUT2D eigenvalue weighted by Crippen LogP contribution is 2.20. The van der Waals surface area contributed by atoms with Crippen LogP contribution in [0.4, 0.5) is 4.39 Å². The van der Waals surface area contributed by atoms with Gasteiger partial charge in [0.15, 0.2) is 0 Å². The summed E-state index contributed by atoms with van der Waals surface area (Å²) in [5.41, 5.74) is 0.887. The van der Waals surface area contributed by atoms with E-state index in [2.05, 4.69) is 5.32 Å². The van der Waals surface area contributed by atoms with E-state index >= 15 is 0 Å². The van der Waals surface area contributed by atoms with E-state index in [1.165, 1.54) is 25.1 Å². The molecule has 4 N–H and O–H groups in total. The minimum Gasteiger partial charge on any atom is -0.480 e. The summed E-state index contributed by atoms with van der Waals surface area (Å²) >= 11 is 0. The molecule has 112 valence electrons. The van der Waals surface area contributed by atoms with Crippen molar-refractivity contribution in [2.75, 3.05) is 0 Å². The number of nitrogens with one attached hydrogen (secondary N) is 1. The van der Waals surface area contributed by atoms with Crippen molar-refractivity contribution < 1.29 is 24.5 Å². The maximum absolute atomic E-state index is 13.2. The molecule has 4 atom stereocenters. The first-order valence-electron chi connectivity index (χ1n) is 6.35. The van der Waals surface area contributed by atoms with Gasteiger partial charge in [0, 0.05) is 6.04 Å². The van der Waals surface area contributed by atoms with Crippen molar-refractivity contribution in [1.82, 2.24) is 5.32 Å². The quantitative estimate of drug-likeness (QED) is 0.625. The number of halogens is 1. The monoisotopic (exact) mass is 285 g/mol. The summed E-state index contributed by atoms with van der Waals surface area (Å²) in [7, 11) is 0. The molecule has 5 nitrogen and oxygen atoms in total. The summed E-state index contributed by atoms with van der Waals surface area (Å²) in [6.45, 7) is 4.54. The first-order chi connectivity index (χ1) is 9.23. The number of carbonyl (C=O) groups is 1. The molecule has 20 heavy (non-hydrogen) atoms. The number of aryl methyl sites for hydroxylation is 1. The average Bonchev–Trinajstić information content (AvgIpc) is 2.37. The lowest BCUT2D eigenvalue weighted by Gasteiger charge is -2.26. The Morgan fingerprint density at radius 3 is 2.35 bits per heavy atom. The van der Waals surface area contributed by atoms with E-state index in [-0.39, 0.29) is 5.82 Å². The average molecular weight is 285 g/mol. The van der Waals surface area contributed by atoms with Crippen LogP contribution in [0.5, 0.6) is 0 Å². The maximum atomic E-state index is 13.2. The summed E-state index contributed by atoms with van der Waals surface area (Å²) in [5, 5.41) is 31.2. The van der Waals surface area contributed by atoms with Crippen molar-refractivity contribution in [3.63, 3.8) is 0 Å². The SMILES string of the molecule is Cc1cc(C(O)C(C)NC(C(=O)O)C(C)O)ccc1F. The second kappa shape index (κ2) is 6.78. The van der Waals surface area contributed by atoms with Crippen LogP contribution in [-0.4, -0.2) is 39.5 Å². The Bertz CT molecular complexity index is 478. The molecule has 1 rings (SSSR count). The molecular formula is C14H20FNO4. The Labute approximate surface area is 117 Å². The van der Waals surface area contributed by atoms with Gasteiger partial charge in [0.05, 0.1) is 12.2 Å². The normalized spacial score (nSPS) is 17.3. The molecule has 0 aliphatic carbocycles. The lowest BCUT2D eigenvalue weighted by molar-refractivity contribution is -0.142. The van der Waals surface area contributed by atoms with Gasteiger partial charge in [-0.3, -0.25) is 10.1 Å². The molecule has 0 saturated heterocycles. The zero-order valence-electron chi connectivity index (χ0n) is 11.7. The van der Waals surface area contributed by atoms with Crippen LogP contribution in [0.15, 0.2) is 18.2 Å². The molecule has 6 heteroatoms. The van der Waals surface area contributed by atoms with Gasteiger partial charge in [-0.15, -0.1) is 0 Å². The van der Waals surface area contributed by atoms with E-state index in [0.29, 0.717) is 11.1 Å². The molecule has 0 spiro atoms. The van der Waals surface area contributed by atoms with Gasteiger partial charge in [-0.25, -0.2) is 4.39 Å². The highest BCUT2D eigenvalue weighted by Gasteiger charge is 2.27. The van der Waals surface area contributed by atoms with Gasteiger partial charge in [0.25, 0.3) is 0 Å². The number of aliphatic hydroxyl groups excluding tert-OH is 2. The number of carboxylic acids is 1. The fraction of sp³-hybridized carbons (Fsp3) is 0.500. The summed E-state index contributed by atoms with van der Waals surface area (Å²) in [6.07, 6.45) is -2.10. The first-order valence-corrected chi connectivity index (χ1v) is 6.35. The standard InChI is InChI=1S/C14H20FNO4/c1-7-6-10(4-5-11(7)15)13(18)8(2)16-12(9(3)17)14(19)20/h4-6,8-9,12-13,16-18H,1-3H3,(H,19,20). The molecule has 4 unspecified atom stereocenters. The highest BCUT2D eigenvalue weighted by atomic mass is 19.1. The van der Waals surface area contributed by atoms with E-state index in [1.807, 2.05) is 0 Å². The molecule has 0 amide bonds. The summed E-state index contributed by atoms with van der Waals surface area (Å²) in [5.74, 6) is -1.57. The predicted molar refractivity (Wildman–Crippen MR) is 71.8 cm³/mol. The van der Waals surface area contributed by atoms with Gasteiger partial charge in [-0.2, -0.15) is 0 Å². The summed E-state index contributed by atoms with van der Waals surface area (Å²) in [6, 6.07) is 2.42. The van der Waals surface area contributed by atoms with Crippen molar-refractivity contribution in [2.45, 2.75) is 45.1 Å². The lowest BCUT2D eigenvalue weighted by Crippen LogP contribution is -2.50. The molecule has 0 aromatic heterocycles. The number of aliphatic hydroxyl groups is 2. The third-order valence-electron chi connectivity index (χ3n) is 3.19. The van der Waals surface area contributed by atoms with E-state index in [4.69, 9.17) is 5.11 Å². The van der Waals surface area contributed by atoms with Crippen LogP contribution in [0.1, 0.15) is 31.1 Å². The molecule has 0 radical (unpaired) electrons. The smallest absolute Gasteiger partial charge is 0.323 e. The van der Waals surface area contributed by atoms with Crippen LogP contribution in [-0.2, 0) is 4.79 Å².